The molecule has 16 heavy (non-hydrogen) atoms. The van der Waals surface area contributed by atoms with Crippen LogP contribution in [0.25, 0.3) is 0 Å². The summed E-state index contributed by atoms with van der Waals surface area (Å²) in [6.45, 7) is 17.1. The molecule has 0 fully saturated rings. The van der Waals surface area contributed by atoms with Crippen LogP contribution in [-0.2, 0) is 4.74 Å². The van der Waals surface area contributed by atoms with Crippen LogP contribution in [0, 0.1) is 0 Å². The molecule has 0 N–H and O–H groups in total. The molecular weight excluding hydrogens is 196 g/mol. The molecule has 0 amide bonds. The van der Waals surface area contributed by atoms with E-state index in [1.165, 1.54) is 0 Å². The van der Waals surface area contributed by atoms with Crippen molar-refractivity contribution in [2.45, 2.75) is 20.8 Å². The smallest absolute Gasteiger partial charge is 0.123 e. The van der Waals surface area contributed by atoms with Crippen LogP contribution in [0.3, 0.4) is 0 Å². The predicted molar refractivity (Wildman–Crippen MR) is 71.9 cm³/mol. The Bertz CT molecular complexity index is 365. The average molecular weight is 216 g/mol. The van der Waals surface area contributed by atoms with Crippen LogP contribution in [0.15, 0.2) is 72.8 Å². The monoisotopic (exact) mass is 216 g/mol. The minimum atomic E-state index is 0.586. The topological polar surface area (TPSA) is 9.23 Å². The molecule has 1 heteroatoms. The molecule has 86 valence electrons. The second-order valence-corrected chi connectivity index (χ2v) is 3.62. The van der Waals surface area contributed by atoms with Crippen LogP contribution >= 0.6 is 0 Å². The summed E-state index contributed by atoms with van der Waals surface area (Å²) in [5.74, 6) is 1.34. The largest absolute Gasteiger partial charge is 0.458 e. The van der Waals surface area contributed by atoms with Crippen LogP contribution < -0.4 is 0 Å². The highest BCUT2D eigenvalue weighted by Gasteiger charge is 1.93. The Morgan fingerprint density at radius 1 is 0.875 bits per heavy atom. The minimum absolute atomic E-state index is 0.586. The van der Waals surface area contributed by atoms with E-state index in [1.54, 1.807) is 6.08 Å². The molecule has 0 unspecified atom stereocenters. The summed E-state index contributed by atoms with van der Waals surface area (Å²) in [7, 11) is 0. The third-order valence-corrected chi connectivity index (χ3v) is 1.62. The summed E-state index contributed by atoms with van der Waals surface area (Å²) in [5.41, 5.74) is 1.94. The lowest BCUT2D eigenvalue weighted by Gasteiger charge is -2.05. The average Bonchev–Trinajstić information content (AvgIpc) is 2.20. The molecule has 1 nitrogen and oxygen atoms in total. The van der Waals surface area contributed by atoms with E-state index in [4.69, 9.17) is 4.74 Å². The van der Waals surface area contributed by atoms with Crippen molar-refractivity contribution in [2.75, 3.05) is 0 Å². The summed E-state index contributed by atoms with van der Waals surface area (Å²) >= 11 is 0. The molecular formula is C15H20O. The Morgan fingerprint density at radius 2 is 1.38 bits per heavy atom. The molecule has 0 heterocycles. The molecule has 0 aliphatic carbocycles. The molecule has 0 aliphatic heterocycles. The highest BCUT2D eigenvalue weighted by atomic mass is 16.5. The van der Waals surface area contributed by atoms with E-state index in [2.05, 4.69) is 19.7 Å². The molecule has 0 saturated carbocycles. The first-order chi connectivity index (χ1) is 7.45. The maximum atomic E-state index is 5.51. The maximum Gasteiger partial charge on any atom is 0.123 e. The van der Waals surface area contributed by atoms with Crippen LogP contribution in [0.5, 0.6) is 0 Å². The van der Waals surface area contributed by atoms with Crippen molar-refractivity contribution in [3.63, 3.8) is 0 Å². The van der Waals surface area contributed by atoms with Gasteiger partial charge >= 0.3 is 0 Å². The Labute approximate surface area is 98.8 Å². The molecule has 0 rings (SSSR count). The van der Waals surface area contributed by atoms with Crippen molar-refractivity contribution in [1.82, 2.24) is 0 Å². The van der Waals surface area contributed by atoms with Crippen LogP contribution in [0.2, 0.25) is 0 Å². The molecule has 0 bridgehead atoms. The van der Waals surface area contributed by atoms with Gasteiger partial charge in [0, 0.05) is 0 Å². The standard InChI is InChI=1S/C15H20O/c1-7-15(11-9-13(4)5)16-14(6)10-8-12(2)3/h7-11H,2,4,6H2,1,3,5H3/b10-8-,11-9-,15-7+. The molecule has 0 aromatic heterocycles. The quantitative estimate of drug-likeness (QED) is 0.462. The molecule has 0 aromatic carbocycles. The van der Waals surface area contributed by atoms with Crippen molar-refractivity contribution in [3.8, 4) is 0 Å². The fourth-order valence-corrected chi connectivity index (χ4v) is 0.834. The van der Waals surface area contributed by atoms with E-state index in [9.17, 15) is 0 Å². The second kappa shape index (κ2) is 7.52. The van der Waals surface area contributed by atoms with Crippen molar-refractivity contribution in [2.24, 2.45) is 0 Å². The van der Waals surface area contributed by atoms with E-state index in [0.717, 1.165) is 16.9 Å². The SMILES string of the molecule is C=C(C)/C=C\C(=C)OC(/C=C\C(=C)C)=C/C. The summed E-state index contributed by atoms with van der Waals surface area (Å²) in [6, 6.07) is 0. The third kappa shape index (κ3) is 7.63. The van der Waals surface area contributed by atoms with Gasteiger partial charge in [-0.3, -0.25) is 0 Å². The van der Waals surface area contributed by atoms with Crippen molar-refractivity contribution in [3.05, 3.63) is 72.8 Å². The molecule has 0 atom stereocenters. The van der Waals surface area contributed by atoms with Crippen LogP contribution in [0.4, 0.5) is 0 Å². The summed E-state index contributed by atoms with van der Waals surface area (Å²) < 4.78 is 5.51. The van der Waals surface area contributed by atoms with Gasteiger partial charge in [-0.15, -0.1) is 0 Å². The fourth-order valence-electron chi connectivity index (χ4n) is 0.834. The molecule has 0 saturated heterocycles. The van der Waals surface area contributed by atoms with Gasteiger partial charge in [-0.25, -0.2) is 0 Å². The van der Waals surface area contributed by atoms with E-state index < -0.39 is 0 Å². The van der Waals surface area contributed by atoms with Gasteiger partial charge in [0.15, 0.2) is 0 Å². The highest BCUT2D eigenvalue weighted by molar-refractivity contribution is 5.25. The van der Waals surface area contributed by atoms with Crippen molar-refractivity contribution in [1.29, 1.82) is 0 Å². The number of hydrogen-bond donors (Lipinski definition) is 0. The third-order valence-electron chi connectivity index (χ3n) is 1.62. The Kier molecular flexibility index (Phi) is 6.69. The summed E-state index contributed by atoms with van der Waals surface area (Å²) in [5, 5.41) is 0. The van der Waals surface area contributed by atoms with E-state index in [1.807, 2.05) is 45.1 Å². The number of hydrogen-bond acceptors (Lipinski definition) is 1. The van der Waals surface area contributed by atoms with Gasteiger partial charge in [-0.1, -0.05) is 43.0 Å². The van der Waals surface area contributed by atoms with Crippen molar-refractivity contribution >= 4 is 0 Å². The molecule has 0 aromatic rings. The van der Waals surface area contributed by atoms with Gasteiger partial charge < -0.3 is 4.74 Å². The van der Waals surface area contributed by atoms with E-state index in [-0.39, 0.29) is 0 Å². The lowest BCUT2D eigenvalue weighted by atomic mass is 10.3. The van der Waals surface area contributed by atoms with Gasteiger partial charge in [-0.05, 0) is 39.0 Å². The fraction of sp³-hybridized carbons (Fsp3) is 0.200. The lowest BCUT2D eigenvalue weighted by molar-refractivity contribution is 0.337. The summed E-state index contributed by atoms with van der Waals surface area (Å²) in [4.78, 5) is 0. The summed E-state index contributed by atoms with van der Waals surface area (Å²) in [6.07, 6.45) is 9.28. The molecule has 0 spiro atoms. The van der Waals surface area contributed by atoms with Gasteiger partial charge in [-0.2, -0.15) is 0 Å². The molecule has 0 radical (unpaired) electrons. The number of rotatable bonds is 6. The van der Waals surface area contributed by atoms with E-state index >= 15 is 0 Å². The maximum absolute atomic E-state index is 5.51. The first-order valence-corrected chi connectivity index (χ1v) is 5.16. The first kappa shape index (κ1) is 14.2. The lowest BCUT2D eigenvalue weighted by Crippen LogP contribution is -1.86. The van der Waals surface area contributed by atoms with Gasteiger partial charge in [0.05, 0.1) is 0 Å². The Morgan fingerprint density at radius 3 is 1.81 bits per heavy atom. The highest BCUT2D eigenvalue weighted by Crippen LogP contribution is 2.09. The minimum Gasteiger partial charge on any atom is -0.458 e. The Hall–Kier alpha value is -1.76. The van der Waals surface area contributed by atoms with Gasteiger partial charge in [0.25, 0.3) is 0 Å². The normalized spacial score (nSPS) is 12.1. The zero-order valence-electron chi connectivity index (χ0n) is 10.4. The first-order valence-electron chi connectivity index (χ1n) is 5.16. The van der Waals surface area contributed by atoms with Gasteiger partial charge in [0.2, 0.25) is 0 Å². The number of allylic oxidation sites excluding steroid dienone is 7. The Balaban J connectivity index is 4.41. The van der Waals surface area contributed by atoms with Crippen molar-refractivity contribution < 1.29 is 4.74 Å². The van der Waals surface area contributed by atoms with Crippen LogP contribution in [0.1, 0.15) is 20.8 Å². The second-order valence-electron chi connectivity index (χ2n) is 3.62. The van der Waals surface area contributed by atoms with Gasteiger partial charge in [0.1, 0.15) is 11.5 Å². The number of ether oxygens (including phenoxy) is 1. The van der Waals surface area contributed by atoms with E-state index in [0.29, 0.717) is 5.76 Å². The zero-order chi connectivity index (χ0) is 12.6. The molecule has 0 aliphatic rings. The predicted octanol–water partition coefficient (Wildman–Crippen LogP) is 4.69. The van der Waals surface area contributed by atoms with Crippen LogP contribution in [-0.4, -0.2) is 0 Å². The zero-order valence-corrected chi connectivity index (χ0v) is 10.4.